The second kappa shape index (κ2) is 10.6. The van der Waals surface area contributed by atoms with Crippen molar-refractivity contribution in [1.82, 2.24) is 10.3 Å². The average molecular weight is 455 g/mol. The van der Waals surface area contributed by atoms with E-state index in [2.05, 4.69) is 62.3 Å². The molecule has 0 bridgehead atoms. The van der Waals surface area contributed by atoms with Crippen LogP contribution in [0, 0.1) is 0 Å². The number of fused-ring (bicyclic) bond motifs is 1. The summed E-state index contributed by atoms with van der Waals surface area (Å²) in [6.07, 6.45) is 1.80. The Bertz CT molecular complexity index is 924. The van der Waals surface area contributed by atoms with Gasteiger partial charge in [-0.1, -0.05) is 55.8 Å². The summed E-state index contributed by atoms with van der Waals surface area (Å²) in [5, 5.41) is 5.36. The minimum atomic E-state index is -0.287. The summed E-state index contributed by atoms with van der Waals surface area (Å²) in [5.74, 6) is 0.547. The van der Waals surface area contributed by atoms with Gasteiger partial charge >= 0.3 is 0 Å². The van der Waals surface area contributed by atoms with Gasteiger partial charge < -0.3 is 11.1 Å². The molecular formula is C23H30Cl3N3. The lowest BCUT2D eigenvalue weighted by molar-refractivity contribution is 0.322. The molecule has 29 heavy (non-hydrogen) atoms. The van der Waals surface area contributed by atoms with Crippen molar-refractivity contribution >= 4 is 47.3 Å². The lowest BCUT2D eigenvalue weighted by Gasteiger charge is -2.34. The summed E-state index contributed by atoms with van der Waals surface area (Å²) in [5.41, 5.74) is 11.0. The lowest BCUT2D eigenvalue weighted by Crippen LogP contribution is -2.48. The SMILES string of the molecule is CC(C)c1ccc(CNC(C)(C)C(N)c2ccnc3cc(Cl)ccc23)cc1.Cl.Cl. The predicted molar refractivity (Wildman–Crippen MR) is 130 cm³/mol. The Labute approximate surface area is 191 Å². The third kappa shape index (κ3) is 6.07. The van der Waals surface area contributed by atoms with Crippen molar-refractivity contribution in [1.29, 1.82) is 0 Å². The molecule has 3 N–H and O–H groups in total. The molecule has 0 aliphatic heterocycles. The highest BCUT2D eigenvalue weighted by Crippen LogP contribution is 2.30. The summed E-state index contributed by atoms with van der Waals surface area (Å²) < 4.78 is 0. The number of halogens is 3. The molecule has 3 rings (SSSR count). The maximum absolute atomic E-state index is 6.68. The second-order valence-corrected chi connectivity index (χ2v) is 8.45. The number of aromatic nitrogens is 1. The normalized spacial score (nSPS) is 12.4. The van der Waals surface area contributed by atoms with Gasteiger partial charge in [0.1, 0.15) is 0 Å². The number of nitrogens with two attached hydrogens (primary N) is 1. The highest BCUT2D eigenvalue weighted by Gasteiger charge is 2.28. The molecule has 0 saturated carbocycles. The van der Waals surface area contributed by atoms with E-state index >= 15 is 0 Å². The van der Waals surface area contributed by atoms with Crippen LogP contribution in [0.1, 0.15) is 56.3 Å². The van der Waals surface area contributed by atoms with Crippen molar-refractivity contribution in [2.45, 2.75) is 51.7 Å². The zero-order chi connectivity index (χ0) is 19.6. The van der Waals surface area contributed by atoms with Crippen molar-refractivity contribution in [3.8, 4) is 0 Å². The molecule has 3 aromatic rings. The van der Waals surface area contributed by atoms with Crippen LogP contribution in [0.4, 0.5) is 0 Å². The quantitative estimate of drug-likeness (QED) is 0.451. The van der Waals surface area contributed by atoms with E-state index < -0.39 is 0 Å². The van der Waals surface area contributed by atoms with Gasteiger partial charge in [-0.3, -0.25) is 4.98 Å². The first kappa shape index (κ1) is 25.7. The molecule has 0 fully saturated rings. The monoisotopic (exact) mass is 453 g/mol. The van der Waals surface area contributed by atoms with Crippen LogP contribution in [0.3, 0.4) is 0 Å². The number of nitrogens with one attached hydrogen (secondary N) is 1. The smallest absolute Gasteiger partial charge is 0.0720 e. The summed E-state index contributed by atoms with van der Waals surface area (Å²) >= 11 is 6.11. The summed E-state index contributed by atoms with van der Waals surface area (Å²) in [4.78, 5) is 4.42. The van der Waals surface area contributed by atoms with E-state index in [0.717, 1.165) is 23.0 Å². The van der Waals surface area contributed by atoms with Crippen LogP contribution in [0.25, 0.3) is 10.9 Å². The maximum Gasteiger partial charge on any atom is 0.0720 e. The fraction of sp³-hybridized carbons (Fsp3) is 0.348. The number of nitrogens with zero attached hydrogens (tertiary/aromatic N) is 1. The van der Waals surface area contributed by atoms with Gasteiger partial charge in [0, 0.05) is 34.7 Å². The van der Waals surface area contributed by atoms with Crippen molar-refractivity contribution in [3.63, 3.8) is 0 Å². The highest BCUT2D eigenvalue weighted by atomic mass is 35.5. The Morgan fingerprint density at radius 2 is 1.69 bits per heavy atom. The van der Waals surface area contributed by atoms with Crippen LogP contribution in [0.2, 0.25) is 5.02 Å². The number of hydrogen-bond acceptors (Lipinski definition) is 3. The molecule has 6 heteroatoms. The van der Waals surface area contributed by atoms with E-state index in [0.29, 0.717) is 10.9 Å². The van der Waals surface area contributed by atoms with Gasteiger partial charge in [-0.15, -0.1) is 24.8 Å². The van der Waals surface area contributed by atoms with Gasteiger partial charge in [0.15, 0.2) is 0 Å². The molecule has 2 aromatic carbocycles. The maximum atomic E-state index is 6.68. The molecule has 1 unspecified atom stereocenters. The van der Waals surface area contributed by atoms with Crippen LogP contribution in [-0.4, -0.2) is 10.5 Å². The molecule has 0 aliphatic carbocycles. The molecule has 0 saturated heterocycles. The Balaban J connectivity index is 0.00000210. The topological polar surface area (TPSA) is 50.9 Å². The van der Waals surface area contributed by atoms with Crippen molar-refractivity contribution in [3.05, 3.63) is 76.4 Å². The van der Waals surface area contributed by atoms with E-state index in [1.165, 1.54) is 11.1 Å². The van der Waals surface area contributed by atoms with E-state index in [9.17, 15) is 0 Å². The molecule has 0 spiro atoms. The Hall–Kier alpha value is -1.36. The molecule has 0 radical (unpaired) electrons. The van der Waals surface area contributed by atoms with Gasteiger partial charge in [0.2, 0.25) is 0 Å². The van der Waals surface area contributed by atoms with Crippen LogP contribution in [0.5, 0.6) is 0 Å². The van der Waals surface area contributed by atoms with Gasteiger partial charge in [-0.25, -0.2) is 0 Å². The fourth-order valence-corrected chi connectivity index (χ4v) is 3.43. The van der Waals surface area contributed by atoms with Gasteiger partial charge in [0.05, 0.1) is 5.52 Å². The number of benzene rings is 2. The van der Waals surface area contributed by atoms with Crippen LogP contribution in [0.15, 0.2) is 54.7 Å². The van der Waals surface area contributed by atoms with Gasteiger partial charge in [-0.05, 0) is 54.7 Å². The highest BCUT2D eigenvalue weighted by molar-refractivity contribution is 6.31. The van der Waals surface area contributed by atoms with E-state index in [1.54, 1.807) is 6.20 Å². The fourth-order valence-electron chi connectivity index (χ4n) is 3.26. The Morgan fingerprint density at radius 3 is 2.31 bits per heavy atom. The average Bonchev–Trinajstić information content (AvgIpc) is 2.65. The zero-order valence-corrected chi connectivity index (χ0v) is 19.7. The second-order valence-electron chi connectivity index (χ2n) is 8.01. The number of pyridine rings is 1. The molecule has 0 aliphatic rings. The minimum Gasteiger partial charge on any atom is -0.322 e. The third-order valence-electron chi connectivity index (χ3n) is 5.25. The number of hydrogen-bond donors (Lipinski definition) is 2. The van der Waals surface area contributed by atoms with Crippen molar-refractivity contribution < 1.29 is 0 Å². The molecule has 1 heterocycles. The first-order valence-corrected chi connectivity index (χ1v) is 9.79. The largest absolute Gasteiger partial charge is 0.322 e. The Morgan fingerprint density at radius 1 is 1.03 bits per heavy atom. The van der Waals surface area contributed by atoms with Crippen LogP contribution >= 0.6 is 36.4 Å². The van der Waals surface area contributed by atoms with Crippen LogP contribution in [-0.2, 0) is 6.54 Å². The lowest BCUT2D eigenvalue weighted by atomic mass is 9.87. The van der Waals surface area contributed by atoms with Crippen molar-refractivity contribution in [2.75, 3.05) is 0 Å². The van der Waals surface area contributed by atoms with Crippen LogP contribution < -0.4 is 11.1 Å². The summed E-state index contributed by atoms with van der Waals surface area (Å²) in [6.45, 7) is 9.47. The molecule has 0 amide bonds. The first-order valence-electron chi connectivity index (χ1n) is 9.41. The predicted octanol–water partition coefficient (Wildman–Crippen LogP) is 6.42. The summed E-state index contributed by atoms with van der Waals surface area (Å²) in [6, 6.07) is 16.4. The van der Waals surface area contributed by atoms with E-state index in [4.69, 9.17) is 17.3 Å². The van der Waals surface area contributed by atoms with E-state index in [1.807, 2.05) is 24.3 Å². The molecule has 1 atom stereocenters. The number of rotatable bonds is 6. The standard InChI is InChI=1S/C23H28ClN3.2ClH/c1-15(2)17-7-5-16(6-8-17)14-27-23(3,4)22(25)20-11-12-26-21-13-18(24)9-10-19(20)21;;/h5-13,15,22,27H,14,25H2,1-4H3;2*1H. The zero-order valence-electron chi connectivity index (χ0n) is 17.3. The molecule has 3 nitrogen and oxygen atoms in total. The molecule has 1 aromatic heterocycles. The van der Waals surface area contributed by atoms with Crippen molar-refractivity contribution in [2.24, 2.45) is 5.73 Å². The minimum absolute atomic E-state index is 0. The summed E-state index contributed by atoms with van der Waals surface area (Å²) in [7, 11) is 0. The van der Waals surface area contributed by atoms with E-state index in [-0.39, 0.29) is 36.4 Å². The first-order chi connectivity index (χ1) is 12.8. The molecule has 158 valence electrons. The van der Waals surface area contributed by atoms with Gasteiger partial charge in [-0.2, -0.15) is 0 Å². The third-order valence-corrected chi connectivity index (χ3v) is 5.48. The van der Waals surface area contributed by atoms with Gasteiger partial charge in [0.25, 0.3) is 0 Å². The Kier molecular flexibility index (Phi) is 9.39. The molecular weight excluding hydrogens is 425 g/mol.